The Hall–Kier alpha value is -0.720. The highest BCUT2D eigenvalue weighted by atomic mass is 16.5. The van der Waals surface area contributed by atoms with Crippen LogP contribution in [-0.2, 0) is 4.74 Å². The van der Waals surface area contributed by atoms with E-state index in [1.165, 1.54) is 30.6 Å². The predicted molar refractivity (Wildman–Crippen MR) is 72.4 cm³/mol. The van der Waals surface area contributed by atoms with E-state index in [0.29, 0.717) is 0 Å². The summed E-state index contributed by atoms with van der Waals surface area (Å²) in [7, 11) is 0. The van der Waals surface area contributed by atoms with Crippen molar-refractivity contribution in [2.75, 3.05) is 6.61 Å². The first-order chi connectivity index (χ1) is 7.77. The maximum Gasteiger partial charge on any atom is 0.118 e. The van der Waals surface area contributed by atoms with Crippen LogP contribution < -0.4 is 0 Å². The van der Waals surface area contributed by atoms with Gasteiger partial charge in [0, 0.05) is 0 Å². The smallest absolute Gasteiger partial charge is 0.118 e. The van der Waals surface area contributed by atoms with E-state index < -0.39 is 0 Å². The molecule has 2 rings (SSSR count). The first-order valence-corrected chi connectivity index (χ1v) is 6.80. The highest BCUT2D eigenvalue weighted by Gasteiger charge is 2.21. The van der Waals surface area contributed by atoms with Gasteiger partial charge < -0.3 is 4.74 Å². The van der Waals surface area contributed by atoms with E-state index in [0.717, 1.165) is 12.5 Å². The van der Waals surface area contributed by atoms with Gasteiger partial charge in [0.1, 0.15) is 5.76 Å². The van der Waals surface area contributed by atoms with E-state index in [-0.39, 0.29) is 0 Å². The Morgan fingerprint density at radius 3 is 2.38 bits per heavy atom. The van der Waals surface area contributed by atoms with Crippen LogP contribution in [0.3, 0.4) is 0 Å². The van der Waals surface area contributed by atoms with Crippen molar-refractivity contribution in [2.45, 2.75) is 60.8 Å². The SMILES string of the molecule is CC.CC.CC1=CC2=C(CC1)C(C)CCO2. The van der Waals surface area contributed by atoms with E-state index >= 15 is 0 Å². The van der Waals surface area contributed by atoms with E-state index in [4.69, 9.17) is 4.74 Å². The topological polar surface area (TPSA) is 9.23 Å². The second-order valence-corrected chi connectivity index (χ2v) is 3.92. The fraction of sp³-hybridized carbons (Fsp3) is 0.733. The van der Waals surface area contributed by atoms with Crippen molar-refractivity contribution in [1.29, 1.82) is 0 Å². The summed E-state index contributed by atoms with van der Waals surface area (Å²) in [6.07, 6.45) is 5.87. The van der Waals surface area contributed by atoms with Crippen LogP contribution in [0, 0.1) is 5.92 Å². The monoisotopic (exact) mass is 224 g/mol. The summed E-state index contributed by atoms with van der Waals surface area (Å²) < 4.78 is 5.63. The van der Waals surface area contributed by atoms with Crippen molar-refractivity contribution in [1.82, 2.24) is 0 Å². The van der Waals surface area contributed by atoms with Crippen LogP contribution in [0.2, 0.25) is 0 Å². The number of allylic oxidation sites excluding steroid dienone is 3. The first-order valence-electron chi connectivity index (χ1n) is 6.80. The van der Waals surface area contributed by atoms with E-state index in [9.17, 15) is 0 Å². The zero-order valence-electron chi connectivity index (χ0n) is 11.9. The molecule has 0 fully saturated rings. The summed E-state index contributed by atoms with van der Waals surface area (Å²) in [4.78, 5) is 0. The van der Waals surface area contributed by atoms with Gasteiger partial charge in [-0.15, -0.1) is 0 Å². The summed E-state index contributed by atoms with van der Waals surface area (Å²) in [6.45, 7) is 13.4. The minimum absolute atomic E-state index is 0.748. The number of rotatable bonds is 0. The molecule has 0 spiro atoms. The first kappa shape index (κ1) is 15.3. The molecule has 1 aliphatic carbocycles. The molecule has 2 aliphatic rings. The van der Waals surface area contributed by atoms with Crippen LogP contribution in [-0.4, -0.2) is 6.61 Å². The molecule has 0 aromatic heterocycles. The largest absolute Gasteiger partial charge is 0.494 e. The van der Waals surface area contributed by atoms with Gasteiger partial charge in [-0.05, 0) is 43.8 Å². The summed E-state index contributed by atoms with van der Waals surface area (Å²) in [6, 6.07) is 0. The Balaban J connectivity index is 0.000000509. The summed E-state index contributed by atoms with van der Waals surface area (Å²) in [5.74, 6) is 1.93. The molecule has 0 aromatic carbocycles. The maximum absolute atomic E-state index is 5.63. The normalized spacial score (nSPS) is 22.6. The molecule has 1 heteroatoms. The molecule has 0 bridgehead atoms. The average molecular weight is 224 g/mol. The lowest BCUT2D eigenvalue weighted by molar-refractivity contribution is 0.175. The van der Waals surface area contributed by atoms with Crippen LogP contribution in [0.15, 0.2) is 23.0 Å². The van der Waals surface area contributed by atoms with Gasteiger partial charge in [0.05, 0.1) is 6.61 Å². The van der Waals surface area contributed by atoms with Crippen LogP contribution in [0.4, 0.5) is 0 Å². The molecule has 0 saturated carbocycles. The fourth-order valence-electron chi connectivity index (χ4n) is 1.99. The summed E-state index contributed by atoms with van der Waals surface area (Å²) in [5.41, 5.74) is 3.01. The zero-order valence-corrected chi connectivity index (χ0v) is 11.9. The molecule has 1 atom stereocenters. The maximum atomic E-state index is 5.63. The van der Waals surface area contributed by atoms with Crippen LogP contribution in [0.1, 0.15) is 60.8 Å². The summed E-state index contributed by atoms with van der Waals surface area (Å²) >= 11 is 0. The lowest BCUT2D eigenvalue weighted by atomic mass is 9.86. The quantitative estimate of drug-likeness (QED) is 0.557. The standard InChI is InChI=1S/C11H16O.2C2H6/c1-8-3-4-10-9(2)5-6-12-11(10)7-8;2*1-2/h7,9H,3-6H2,1-2H3;2*1-2H3. The third-order valence-electron chi connectivity index (χ3n) is 2.89. The molecule has 0 radical (unpaired) electrons. The van der Waals surface area contributed by atoms with Gasteiger partial charge in [-0.2, -0.15) is 0 Å². The minimum Gasteiger partial charge on any atom is -0.494 e. The van der Waals surface area contributed by atoms with E-state index in [2.05, 4.69) is 19.9 Å². The molecule has 94 valence electrons. The van der Waals surface area contributed by atoms with Gasteiger partial charge in [0.15, 0.2) is 0 Å². The van der Waals surface area contributed by atoms with Crippen molar-refractivity contribution in [3.05, 3.63) is 23.0 Å². The molecular formula is C15H28O. The van der Waals surface area contributed by atoms with Gasteiger partial charge in [-0.1, -0.05) is 40.2 Å². The van der Waals surface area contributed by atoms with Gasteiger partial charge >= 0.3 is 0 Å². The highest BCUT2D eigenvalue weighted by Crippen LogP contribution is 2.34. The molecule has 1 nitrogen and oxygen atoms in total. The molecule has 1 heterocycles. The van der Waals surface area contributed by atoms with Gasteiger partial charge in [0.25, 0.3) is 0 Å². The Morgan fingerprint density at radius 2 is 1.75 bits per heavy atom. The second-order valence-electron chi connectivity index (χ2n) is 3.92. The highest BCUT2D eigenvalue weighted by molar-refractivity contribution is 5.31. The predicted octanol–water partition coefficient (Wildman–Crippen LogP) is 5.09. The van der Waals surface area contributed by atoms with Crippen molar-refractivity contribution >= 4 is 0 Å². The molecule has 0 aromatic rings. The van der Waals surface area contributed by atoms with E-state index in [1.54, 1.807) is 5.57 Å². The second kappa shape index (κ2) is 8.43. The minimum atomic E-state index is 0.748. The van der Waals surface area contributed by atoms with Gasteiger partial charge in [-0.25, -0.2) is 0 Å². The Morgan fingerprint density at radius 1 is 1.12 bits per heavy atom. The summed E-state index contributed by atoms with van der Waals surface area (Å²) in [5, 5.41) is 0. The molecular weight excluding hydrogens is 196 g/mol. The van der Waals surface area contributed by atoms with Gasteiger partial charge in [0.2, 0.25) is 0 Å². The lowest BCUT2D eigenvalue weighted by Crippen LogP contribution is -2.16. The number of hydrogen-bond acceptors (Lipinski definition) is 1. The van der Waals surface area contributed by atoms with Gasteiger partial charge in [-0.3, -0.25) is 0 Å². The van der Waals surface area contributed by atoms with Crippen molar-refractivity contribution in [3.8, 4) is 0 Å². The van der Waals surface area contributed by atoms with Crippen molar-refractivity contribution in [2.24, 2.45) is 5.92 Å². The molecule has 0 N–H and O–H groups in total. The fourth-order valence-corrected chi connectivity index (χ4v) is 1.99. The van der Waals surface area contributed by atoms with Crippen molar-refractivity contribution in [3.63, 3.8) is 0 Å². The Bertz CT molecular complexity index is 248. The molecule has 0 saturated heterocycles. The molecule has 0 amide bonds. The number of ether oxygens (including phenoxy) is 1. The van der Waals surface area contributed by atoms with E-state index in [1.807, 2.05) is 27.7 Å². The Kier molecular flexibility index (Phi) is 8.05. The molecule has 1 aliphatic heterocycles. The third-order valence-corrected chi connectivity index (χ3v) is 2.89. The lowest BCUT2D eigenvalue weighted by Gasteiger charge is -2.28. The van der Waals surface area contributed by atoms with Crippen LogP contribution >= 0.6 is 0 Å². The molecule has 1 unspecified atom stereocenters. The van der Waals surface area contributed by atoms with Crippen LogP contribution in [0.25, 0.3) is 0 Å². The Labute approximate surface area is 102 Å². The van der Waals surface area contributed by atoms with Crippen molar-refractivity contribution < 1.29 is 4.74 Å². The van der Waals surface area contributed by atoms with Crippen LogP contribution in [0.5, 0.6) is 0 Å². The molecule has 16 heavy (non-hydrogen) atoms. The zero-order chi connectivity index (χ0) is 12.6. The third kappa shape index (κ3) is 4.03. The number of hydrogen-bond donors (Lipinski definition) is 0. The average Bonchev–Trinajstić information content (AvgIpc) is 2.34.